The molecule has 23 heavy (non-hydrogen) atoms. The summed E-state index contributed by atoms with van der Waals surface area (Å²) in [5, 5.41) is 1.08. The normalized spacial score (nSPS) is 27.5. The van der Waals surface area contributed by atoms with Gasteiger partial charge in [-0.15, -0.1) is 13.2 Å². The van der Waals surface area contributed by atoms with E-state index < -0.39 is 6.36 Å². The molecule has 0 saturated carbocycles. The molecule has 0 aliphatic carbocycles. The van der Waals surface area contributed by atoms with Gasteiger partial charge >= 0.3 is 6.36 Å². The van der Waals surface area contributed by atoms with Gasteiger partial charge in [-0.25, -0.2) is 0 Å². The zero-order chi connectivity index (χ0) is 16.4. The van der Waals surface area contributed by atoms with E-state index in [9.17, 15) is 18.0 Å². The summed E-state index contributed by atoms with van der Waals surface area (Å²) >= 11 is 1.99. The number of Topliss-reactive ketones (excluding diaryl/α,β-unsaturated/α-hetero) is 1. The summed E-state index contributed by atoms with van der Waals surface area (Å²) in [5.41, 5.74) is 0.318. The summed E-state index contributed by atoms with van der Waals surface area (Å²) in [7, 11) is 0. The monoisotopic (exact) mass is 344 g/mol. The first-order valence-electron chi connectivity index (χ1n) is 7.92. The van der Waals surface area contributed by atoms with Gasteiger partial charge in [0.15, 0.2) is 0 Å². The molecule has 126 valence electrons. The van der Waals surface area contributed by atoms with Crippen molar-refractivity contribution in [2.24, 2.45) is 5.92 Å². The predicted molar refractivity (Wildman–Crippen MR) is 83.6 cm³/mol. The van der Waals surface area contributed by atoms with Gasteiger partial charge in [0.1, 0.15) is 11.5 Å². The van der Waals surface area contributed by atoms with Gasteiger partial charge in [0.2, 0.25) is 0 Å². The third kappa shape index (κ3) is 4.43. The van der Waals surface area contributed by atoms with Crippen LogP contribution in [0.2, 0.25) is 0 Å². The van der Waals surface area contributed by atoms with Crippen molar-refractivity contribution in [2.75, 3.05) is 0 Å². The molecular weight excluding hydrogens is 325 g/mol. The van der Waals surface area contributed by atoms with Crippen LogP contribution in [0.1, 0.15) is 37.7 Å². The highest BCUT2D eigenvalue weighted by Crippen LogP contribution is 2.44. The van der Waals surface area contributed by atoms with Crippen molar-refractivity contribution in [1.82, 2.24) is 0 Å². The Balaban J connectivity index is 1.68. The molecule has 1 aromatic rings. The summed E-state index contributed by atoms with van der Waals surface area (Å²) in [5.74, 6) is -0.246. The number of hydrogen-bond donors (Lipinski definition) is 0. The Morgan fingerprint density at radius 1 is 1.17 bits per heavy atom. The molecule has 2 aliphatic rings. The highest BCUT2D eigenvalue weighted by Gasteiger charge is 2.36. The standard InChI is InChI=1S/C17H19F3O2S/c18-17(19,20)22-16-7-2-1-4-11(16)10-15(21)12-8-13-5-3-6-14(9-12)23-13/h1-2,4,7,12-14H,3,5-6,8-10H2. The summed E-state index contributed by atoms with van der Waals surface area (Å²) in [4.78, 5) is 12.6. The Labute approximate surface area is 137 Å². The van der Waals surface area contributed by atoms with Crippen molar-refractivity contribution in [3.05, 3.63) is 29.8 Å². The first-order chi connectivity index (χ1) is 10.9. The molecule has 2 fully saturated rings. The maximum Gasteiger partial charge on any atom is 0.573 e. The molecule has 0 amide bonds. The van der Waals surface area contributed by atoms with Crippen LogP contribution in [-0.2, 0) is 11.2 Å². The lowest BCUT2D eigenvalue weighted by Gasteiger charge is -2.38. The van der Waals surface area contributed by atoms with Crippen LogP contribution in [0, 0.1) is 5.92 Å². The number of rotatable bonds is 4. The number of hydrogen-bond acceptors (Lipinski definition) is 3. The van der Waals surface area contributed by atoms with Gasteiger partial charge in [-0.2, -0.15) is 11.8 Å². The zero-order valence-electron chi connectivity index (χ0n) is 12.6. The highest BCUT2D eigenvalue weighted by molar-refractivity contribution is 8.00. The number of alkyl halides is 3. The highest BCUT2D eigenvalue weighted by atomic mass is 32.2. The number of fused-ring (bicyclic) bond motifs is 2. The summed E-state index contributed by atoms with van der Waals surface area (Å²) < 4.78 is 41.4. The molecule has 2 heterocycles. The maximum atomic E-state index is 12.6. The fraction of sp³-hybridized carbons (Fsp3) is 0.588. The molecule has 1 aromatic carbocycles. The quantitative estimate of drug-likeness (QED) is 0.788. The molecule has 0 aromatic heterocycles. The van der Waals surface area contributed by atoms with Crippen molar-refractivity contribution in [3.63, 3.8) is 0 Å². The second-order valence-corrected chi connectivity index (χ2v) is 7.88. The van der Waals surface area contributed by atoms with Crippen LogP contribution in [0.25, 0.3) is 0 Å². The Kier molecular flexibility index (Phi) is 4.90. The fourth-order valence-corrected chi connectivity index (χ4v) is 5.36. The molecule has 0 radical (unpaired) electrons. The van der Waals surface area contributed by atoms with Gasteiger partial charge in [0.25, 0.3) is 0 Å². The van der Waals surface area contributed by atoms with Gasteiger partial charge < -0.3 is 4.74 Å². The SMILES string of the molecule is O=C(Cc1ccccc1OC(F)(F)F)C1CC2CCCC(C1)S2. The van der Waals surface area contributed by atoms with Crippen molar-refractivity contribution in [1.29, 1.82) is 0 Å². The lowest BCUT2D eigenvalue weighted by molar-refractivity contribution is -0.274. The van der Waals surface area contributed by atoms with E-state index in [0.29, 0.717) is 16.1 Å². The number of ketones is 1. The van der Waals surface area contributed by atoms with E-state index in [0.717, 1.165) is 25.7 Å². The molecule has 0 spiro atoms. The smallest absolute Gasteiger partial charge is 0.405 e. The van der Waals surface area contributed by atoms with Crippen LogP contribution in [-0.4, -0.2) is 22.6 Å². The van der Waals surface area contributed by atoms with Crippen LogP contribution in [0.4, 0.5) is 13.2 Å². The van der Waals surface area contributed by atoms with Gasteiger partial charge in [-0.05, 0) is 31.7 Å². The molecule has 2 atom stereocenters. The largest absolute Gasteiger partial charge is 0.573 e. The molecule has 2 unspecified atom stereocenters. The number of benzene rings is 1. The second kappa shape index (κ2) is 6.75. The van der Waals surface area contributed by atoms with E-state index in [-0.39, 0.29) is 23.9 Å². The van der Waals surface area contributed by atoms with Gasteiger partial charge in [0, 0.05) is 28.4 Å². The molecular formula is C17H19F3O2S. The van der Waals surface area contributed by atoms with Crippen LogP contribution in [0.5, 0.6) is 5.75 Å². The second-order valence-electron chi connectivity index (χ2n) is 6.28. The van der Waals surface area contributed by atoms with Gasteiger partial charge in [-0.1, -0.05) is 24.6 Å². The third-order valence-electron chi connectivity index (χ3n) is 4.55. The van der Waals surface area contributed by atoms with Gasteiger partial charge in [-0.3, -0.25) is 4.79 Å². The van der Waals surface area contributed by atoms with E-state index >= 15 is 0 Å². The van der Waals surface area contributed by atoms with Crippen molar-refractivity contribution < 1.29 is 22.7 Å². The minimum atomic E-state index is -4.74. The van der Waals surface area contributed by atoms with Crippen LogP contribution in [0.3, 0.4) is 0 Å². The Morgan fingerprint density at radius 3 is 2.48 bits per heavy atom. The summed E-state index contributed by atoms with van der Waals surface area (Å²) in [6, 6.07) is 5.92. The first-order valence-corrected chi connectivity index (χ1v) is 8.87. The molecule has 2 nitrogen and oxygen atoms in total. The van der Waals surface area contributed by atoms with Crippen molar-refractivity contribution in [3.8, 4) is 5.75 Å². The minimum absolute atomic E-state index is 0.0149. The number of para-hydroxylation sites is 1. The number of carbonyl (C=O) groups is 1. The van der Waals surface area contributed by atoms with Crippen LogP contribution >= 0.6 is 11.8 Å². The number of halogens is 3. The Morgan fingerprint density at radius 2 is 1.83 bits per heavy atom. The topological polar surface area (TPSA) is 26.3 Å². The lowest BCUT2D eigenvalue weighted by atomic mass is 9.84. The average Bonchev–Trinajstić information content (AvgIpc) is 2.47. The van der Waals surface area contributed by atoms with Crippen molar-refractivity contribution in [2.45, 2.75) is 55.4 Å². The average molecular weight is 344 g/mol. The summed E-state index contributed by atoms with van der Waals surface area (Å²) in [6.45, 7) is 0. The third-order valence-corrected chi connectivity index (χ3v) is 6.18. The first kappa shape index (κ1) is 16.7. The maximum absolute atomic E-state index is 12.6. The zero-order valence-corrected chi connectivity index (χ0v) is 13.5. The van der Waals surface area contributed by atoms with E-state index in [1.54, 1.807) is 6.07 Å². The van der Waals surface area contributed by atoms with E-state index in [2.05, 4.69) is 4.74 Å². The number of ether oxygens (including phenoxy) is 1. The van der Waals surface area contributed by atoms with E-state index in [1.807, 2.05) is 11.8 Å². The fourth-order valence-electron chi connectivity index (χ4n) is 3.53. The van der Waals surface area contributed by atoms with Gasteiger partial charge in [0.05, 0.1) is 0 Å². The Hall–Kier alpha value is -1.17. The van der Waals surface area contributed by atoms with Crippen LogP contribution in [0.15, 0.2) is 24.3 Å². The molecule has 6 heteroatoms. The summed E-state index contributed by atoms with van der Waals surface area (Å²) in [6.07, 6.45) is 0.534. The van der Waals surface area contributed by atoms with Crippen LogP contribution < -0.4 is 4.74 Å². The molecule has 3 rings (SSSR count). The number of carbonyl (C=O) groups excluding carboxylic acids is 1. The van der Waals surface area contributed by atoms with E-state index in [1.165, 1.54) is 24.6 Å². The molecule has 2 saturated heterocycles. The minimum Gasteiger partial charge on any atom is -0.405 e. The number of thioether (sulfide) groups is 1. The Bertz CT molecular complexity index is 561. The molecule has 0 N–H and O–H groups in total. The predicted octanol–water partition coefficient (Wildman–Crippen LogP) is 4.76. The molecule has 2 bridgehead atoms. The van der Waals surface area contributed by atoms with Crippen molar-refractivity contribution >= 4 is 17.5 Å². The van der Waals surface area contributed by atoms with E-state index in [4.69, 9.17) is 0 Å². The lowest BCUT2D eigenvalue weighted by Crippen LogP contribution is -2.33. The molecule has 2 aliphatic heterocycles.